The van der Waals surface area contributed by atoms with Gasteiger partial charge in [-0.15, -0.1) is 0 Å². The van der Waals surface area contributed by atoms with Gasteiger partial charge in [0.25, 0.3) is 0 Å². The molecule has 0 fully saturated rings. The molecule has 0 saturated heterocycles. The predicted molar refractivity (Wildman–Crippen MR) is 64.2 cm³/mol. The van der Waals surface area contributed by atoms with Crippen molar-refractivity contribution in [3.8, 4) is 0 Å². The zero-order valence-corrected chi connectivity index (χ0v) is 10.7. The Morgan fingerprint density at radius 3 is 3.00 bits per heavy atom. The molecule has 4 nitrogen and oxygen atoms in total. The normalized spacial score (nSPS) is 13.2. The average molecular weight is 285 g/mol. The lowest BCUT2D eigenvalue weighted by Gasteiger charge is -2.11. The lowest BCUT2D eigenvalue weighted by Crippen LogP contribution is -2.07. The number of aliphatic hydroxyl groups excluding tert-OH is 1. The van der Waals surface area contributed by atoms with Crippen LogP contribution in [0.4, 0.5) is 0 Å². The minimum absolute atomic E-state index is 0.460. The summed E-state index contributed by atoms with van der Waals surface area (Å²) in [4.78, 5) is 4.36. The number of hydrogen-bond acceptors (Lipinski definition) is 3. The molecular weight excluding hydrogens is 272 g/mol. The molecule has 2 rings (SSSR count). The van der Waals surface area contributed by atoms with E-state index in [2.05, 4.69) is 20.9 Å². The summed E-state index contributed by atoms with van der Waals surface area (Å²) < 4.78 is 7.96. The summed E-state index contributed by atoms with van der Waals surface area (Å²) in [5, 5.41) is 9.88. The molecule has 0 radical (unpaired) electrons. The number of ether oxygens (including phenoxy) is 1. The molecule has 0 bridgehead atoms. The lowest BCUT2D eigenvalue weighted by molar-refractivity contribution is -0.102. The molecule has 0 saturated carbocycles. The number of pyridine rings is 1. The first kappa shape index (κ1) is 11.6. The van der Waals surface area contributed by atoms with Gasteiger partial charge < -0.3 is 9.84 Å². The van der Waals surface area contributed by atoms with Gasteiger partial charge in [-0.25, -0.2) is 4.98 Å². The lowest BCUT2D eigenvalue weighted by atomic mass is 10.3. The van der Waals surface area contributed by atoms with E-state index in [0.717, 1.165) is 15.8 Å². The summed E-state index contributed by atoms with van der Waals surface area (Å²) in [7, 11) is 0. The Labute approximate surface area is 102 Å². The molecule has 0 aliphatic heterocycles. The van der Waals surface area contributed by atoms with Crippen LogP contribution in [0.1, 0.15) is 24.6 Å². The van der Waals surface area contributed by atoms with Crippen molar-refractivity contribution in [1.29, 1.82) is 0 Å². The highest BCUT2D eigenvalue weighted by Gasteiger charge is 2.17. The Bertz CT molecular complexity index is 510. The molecule has 0 aliphatic rings. The van der Waals surface area contributed by atoms with Crippen molar-refractivity contribution in [1.82, 2.24) is 9.38 Å². The van der Waals surface area contributed by atoms with Gasteiger partial charge in [0.2, 0.25) is 0 Å². The molecule has 1 unspecified atom stereocenters. The second kappa shape index (κ2) is 4.53. The highest BCUT2D eigenvalue weighted by Crippen LogP contribution is 2.22. The van der Waals surface area contributed by atoms with Crippen molar-refractivity contribution in [2.24, 2.45) is 0 Å². The van der Waals surface area contributed by atoms with Crippen molar-refractivity contribution in [2.45, 2.75) is 20.1 Å². The van der Waals surface area contributed by atoms with Crippen LogP contribution in [0.15, 0.2) is 22.8 Å². The Hall–Kier alpha value is -0.910. The summed E-state index contributed by atoms with van der Waals surface area (Å²) in [5.74, 6) is 0. The maximum Gasteiger partial charge on any atom is 0.198 e. The molecule has 2 aromatic rings. The fraction of sp³-hybridized carbons (Fsp3) is 0.364. The number of aryl methyl sites for hydroxylation is 1. The number of rotatable bonds is 3. The molecule has 0 aliphatic carbocycles. The molecule has 5 heteroatoms. The van der Waals surface area contributed by atoms with E-state index in [1.54, 1.807) is 0 Å². The van der Waals surface area contributed by atoms with Crippen LogP contribution in [-0.2, 0) is 4.74 Å². The van der Waals surface area contributed by atoms with Gasteiger partial charge in [0.05, 0.1) is 5.69 Å². The van der Waals surface area contributed by atoms with Crippen LogP contribution in [0.2, 0.25) is 0 Å². The molecule has 1 N–H and O–H groups in total. The minimum Gasteiger partial charge on any atom is -0.363 e. The van der Waals surface area contributed by atoms with Crippen LogP contribution in [0.25, 0.3) is 5.65 Å². The highest BCUT2D eigenvalue weighted by molar-refractivity contribution is 9.10. The van der Waals surface area contributed by atoms with Crippen LogP contribution in [-0.4, -0.2) is 21.1 Å². The van der Waals surface area contributed by atoms with E-state index < -0.39 is 6.29 Å². The first-order valence-electron chi connectivity index (χ1n) is 5.07. The molecule has 86 valence electrons. The number of nitrogens with zero attached hydrogens (tertiary/aromatic N) is 2. The smallest absolute Gasteiger partial charge is 0.198 e. The molecule has 16 heavy (non-hydrogen) atoms. The molecule has 0 amide bonds. The molecular formula is C11H13BrN2O2. The number of aliphatic hydroxyl groups is 1. The van der Waals surface area contributed by atoms with E-state index in [9.17, 15) is 5.11 Å². The summed E-state index contributed by atoms with van der Waals surface area (Å²) in [5.41, 5.74) is 2.26. The van der Waals surface area contributed by atoms with Crippen molar-refractivity contribution in [3.63, 3.8) is 0 Å². The Morgan fingerprint density at radius 1 is 1.56 bits per heavy atom. The highest BCUT2D eigenvalue weighted by atomic mass is 79.9. The first-order valence-corrected chi connectivity index (χ1v) is 5.86. The van der Waals surface area contributed by atoms with Gasteiger partial charge in [-0.2, -0.15) is 0 Å². The second-order valence-electron chi connectivity index (χ2n) is 3.47. The Morgan fingerprint density at radius 2 is 2.31 bits per heavy atom. The maximum atomic E-state index is 9.88. The van der Waals surface area contributed by atoms with Gasteiger partial charge in [-0.3, -0.25) is 4.40 Å². The quantitative estimate of drug-likeness (QED) is 0.881. The third kappa shape index (κ3) is 1.98. The van der Waals surface area contributed by atoms with Crippen molar-refractivity contribution >= 4 is 21.6 Å². The van der Waals surface area contributed by atoms with Gasteiger partial charge in [0.15, 0.2) is 6.29 Å². The van der Waals surface area contributed by atoms with E-state index in [1.807, 2.05) is 36.6 Å². The number of imidazole rings is 1. The van der Waals surface area contributed by atoms with Crippen LogP contribution in [0, 0.1) is 6.92 Å². The Kier molecular flexibility index (Phi) is 3.28. The summed E-state index contributed by atoms with van der Waals surface area (Å²) in [6.45, 7) is 4.16. The average Bonchev–Trinajstić information content (AvgIpc) is 2.53. The zero-order chi connectivity index (χ0) is 11.7. The van der Waals surface area contributed by atoms with Gasteiger partial charge in [-0.05, 0) is 41.9 Å². The van der Waals surface area contributed by atoms with E-state index >= 15 is 0 Å². The van der Waals surface area contributed by atoms with Crippen LogP contribution in [0.3, 0.4) is 0 Å². The predicted octanol–water partition coefficient (Wildman–Crippen LogP) is 2.43. The minimum atomic E-state index is -0.936. The largest absolute Gasteiger partial charge is 0.363 e. The monoisotopic (exact) mass is 284 g/mol. The third-order valence-corrected chi connectivity index (χ3v) is 2.83. The fourth-order valence-electron chi connectivity index (χ4n) is 1.69. The zero-order valence-electron chi connectivity index (χ0n) is 9.14. The summed E-state index contributed by atoms with van der Waals surface area (Å²) in [6, 6.07) is 3.80. The van der Waals surface area contributed by atoms with E-state index in [0.29, 0.717) is 12.3 Å². The van der Waals surface area contributed by atoms with E-state index in [1.165, 1.54) is 0 Å². The third-order valence-electron chi connectivity index (χ3n) is 2.36. The van der Waals surface area contributed by atoms with Crippen molar-refractivity contribution < 1.29 is 9.84 Å². The van der Waals surface area contributed by atoms with E-state index in [-0.39, 0.29) is 0 Å². The van der Waals surface area contributed by atoms with E-state index in [4.69, 9.17) is 4.74 Å². The van der Waals surface area contributed by atoms with Gasteiger partial charge in [0, 0.05) is 17.3 Å². The number of fused-ring (bicyclic) bond motifs is 1. The molecule has 1 atom stereocenters. The standard InChI is InChI=1S/C11H13BrN2O2/c1-3-16-11(15)10-7(2)13-9-5-4-8(12)6-14(9)10/h4-6,11,15H,3H2,1-2H3. The molecule has 0 aromatic carbocycles. The fourth-order valence-corrected chi connectivity index (χ4v) is 2.03. The Balaban J connectivity index is 2.58. The van der Waals surface area contributed by atoms with Crippen molar-refractivity contribution in [3.05, 3.63) is 34.2 Å². The first-order chi connectivity index (χ1) is 7.63. The van der Waals surface area contributed by atoms with Gasteiger partial charge in [0.1, 0.15) is 11.3 Å². The van der Waals surface area contributed by atoms with Crippen LogP contribution in [0.5, 0.6) is 0 Å². The van der Waals surface area contributed by atoms with Crippen LogP contribution < -0.4 is 0 Å². The van der Waals surface area contributed by atoms with Gasteiger partial charge in [-0.1, -0.05) is 0 Å². The molecule has 0 spiro atoms. The second-order valence-corrected chi connectivity index (χ2v) is 4.38. The van der Waals surface area contributed by atoms with Crippen LogP contribution >= 0.6 is 15.9 Å². The topological polar surface area (TPSA) is 46.8 Å². The summed E-state index contributed by atoms with van der Waals surface area (Å²) in [6.07, 6.45) is 0.932. The SMILES string of the molecule is CCOC(O)c1c(C)nc2ccc(Br)cn12. The number of hydrogen-bond donors (Lipinski definition) is 1. The van der Waals surface area contributed by atoms with Gasteiger partial charge >= 0.3 is 0 Å². The number of aromatic nitrogens is 2. The number of halogens is 1. The molecule has 2 aromatic heterocycles. The maximum absolute atomic E-state index is 9.88. The molecule has 2 heterocycles. The summed E-state index contributed by atoms with van der Waals surface area (Å²) >= 11 is 3.39. The van der Waals surface area contributed by atoms with Crippen molar-refractivity contribution in [2.75, 3.05) is 6.61 Å².